The van der Waals surface area contributed by atoms with E-state index < -0.39 is 0 Å². The number of benzene rings is 5. The first-order valence-electron chi connectivity index (χ1n) is 12.8. The Morgan fingerprint density at radius 3 is 2.21 bits per heavy atom. The molecule has 0 spiro atoms. The van der Waals surface area contributed by atoms with Crippen molar-refractivity contribution in [2.45, 2.75) is 6.92 Å². The molecule has 38 heavy (non-hydrogen) atoms. The lowest BCUT2D eigenvalue weighted by molar-refractivity contribution is 0.673. The highest BCUT2D eigenvalue weighted by Crippen LogP contribution is 2.39. The van der Waals surface area contributed by atoms with E-state index in [1.165, 1.54) is 0 Å². The predicted molar refractivity (Wildman–Crippen MR) is 155 cm³/mol. The third-order valence-electron chi connectivity index (χ3n) is 7.46. The minimum Gasteiger partial charge on any atom is -0.454 e. The molecule has 4 nitrogen and oxygen atoms in total. The molecule has 3 heterocycles. The third kappa shape index (κ3) is 3.01. The second-order valence-electron chi connectivity index (χ2n) is 9.71. The highest BCUT2D eigenvalue weighted by molar-refractivity contribution is 6.16. The van der Waals surface area contributed by atoms with Crippen molar-refractivity contribution in [3.8, 4) is 22.5 Å². The largest absolute Gasteiger partial charge is 0.454 e. The minimum atomic E-state index is 0.906. The van der Waals surface area contributed by atoms with Crippen LogP contribution in [-0.2, 0) is 0 Å². The van der Waals surface area contributed by atoms with Gasteiger partial charge in [0.15, 0.2) is 5.58 Å². The molecule has 0 saturated heterocycles. The van der Waals surface area contributed by atoms with Gasteiger partial charge >= 0.3 is 0 Å². The Kier molecular flexibility index (Phi) is 4.40. The summed E-state index contributed by atoms with van der Waals surface area (Å²) in [6, 6.07) is 42.5. The van der Waals surface area contributed by atoms with E-state index >= 15 is 0 Å². The number of hydrogen-bond acceptors (Lipinski definition) is 2. The molecule has 0 aliphatic heterocycles. The van der Waals surface area contributed by atoms with Crippen LogP contribution < -0.4 is 0 Å². The van der Waals surface area contributed by atoms with Crippen molar-refractivity contribution in [3.63, 3.8) is 0 Å². The van der Waals surface area contributed by atoms with Gasteiger partial charge in [0.1, 0.15) is 16.9 Å². The van der Waals surface area contributed by atoms with Crippen LogP contribution in [0.1, 0.15) is 5.82 Å². The predicted octanol–water partition coefficient (Wildman–Crippen LogP) is 8.84. The summed E-state index contributed by atoms with van der Waals surface area (Å²) < 4.78 is 10.9. The number of nitrogens with zero attached hydrogens (tertiary/aromatic N) is 3. The van der Waals surface area contributed by atoms with E-state index in [0.717, 1.165) is 72.3 Å². The summed E-state index contributed by atoms with van der Waals surface area (Å²) in [5.41, 5.74) is 10.7. The molecule has 0 amide bonds. The van der Waals surface area contributed by atoms with E-state index in [-0.39, 0.29) is 0 Å². The molecule has 0 fully saturated rings. The Bertz CT molecular complexity index is 2140. The van der Waals surface area contributed by atoms with Crippen molar-refractivity contribution in [1.82, 2.24) is 14.1 Å². The van der Waals surface area contributed by atoms with Gasteiger partial charge < -0.3 is 8.98 Å². The Labute approximate surface area is 219 Å². The standard InChI is InChI=1S/C34H23N3O/c1-22-35-29-19-18-24(21-31(29)36(22)25-11-3-2-4-12-25)23-10-9-13-26(20-23)37-30-16-7-5-14-27(30)34-33(37)28-15-6-8-17-32(28)38-34/h2-21H,1H3. The van der Waals surface area contributed by atoms with Crippen LogP contribution in [0.25, 0.3) is 66.5 Å². The Balaban J connectivity index is 1.35. The van der Waals surface area contributed by atoms with E-state index in [4.69, 9.17) is 9.40 Å². The maximum atomic E-state index is 6.36. The molecule has 0 atom stereocenters. The van der Waals surface area contributed by atoms with Crippen LogP contribution in [0.4, 0.5) is 0 Å². The smallest absolute Gasteiger partial charge is 0.161 e. The molecule has 0 unspecified atom stereocenters. The fourth-order valence-electron chi connectivity index (χ4n) is 5.79. The van der Waals surface area contributed by atoms with Crippen LogP contribution in [-0.4, -0.2) is 14.1 Å². The van der Waals surface area contributed by atoms with Crippen molar-refractivity contribution >= 4 is 44.0 Å². The molecule has 3 aromatic heterocycles. The maximum absolute atomic E-state index is 6.36. The van der Waals surface area contributed by atoms with E-state index in [1.807, 2.05) is 18.2 Å². The van der Waals surface area contributed by atoms with E-state index in [0.29, 0.717) is 0 Å². The molecule has 180 valence electrons. The molecular formula is C34H23N3O. The fourth-order valence-corrected chi connectivity index (χ4v) is 5.79. The summed E-state index contributed by atoms with van der Waals surface area (Å²) in [5, 5.41) is 2.24. The highest BCUT2D eigenvalue weighted by atomic mass is 16.3. The molecule has 0 aliphatic rings. The Morgan fingerprint density at radius 1 is 0.579 bits per heavy atom. The van der Waals surface area contributed by atoms with Gasteiger partial charge in [-0.3, -0.25) is 4.57 Å². The quantitative estimate of drug-likeness (QED) is 0.248. The first-order valence-corrected chi connectivity index (χ1v) is 12.8. The molecule has 0 bridgehead atoms. The summed E-state index contributed by atoms with van der Waals surface area (Å²) in [5.74, 6) is 0.977. The minimum absolute atomic E-state index is 0.906. The molecule has 8 aromatic rings. The van der Waals surface area contributed by atoms with Gasteiger partial charge in [0, 0.05) is 22.1 Å². The third-order valence-corrected chi connectivity index (χ3v) is 7.46. The molecule has 0 radical (unpaired) electrons. The molecule has 5 aromatic carbocycles. The summed E-state index contributed by atoms with van der Waals surface area (Å²) in [6.07, 6.45) is 0. The monoisotopic (exact) mass is 489 g/mol. The zero-order valence-corrected chi connectivity index (χ0v) is 20.8. The van der Waals surface area contributed by atoms with Crippen molar-refractivity contribution in [2.24, 2.45) is 0 Å². The molecular weight excluding hydrogens is 466 g/mol. The van der Waals surface area contributed by atoms with Crippen molar-refractivity contribution in [3.05, 3.63) is 127 Å². The van der Waals surface area contributed by atoms with Crippen molar-refractivity contribution in [1.29, 1.82) is 0 Å². The number of aromatic nitrogens is 3. The van der Waals surface area contributed by atoms with Gasteiger partial charge in [-0.2, -0.15) is 0 Å². The number of imidazole rings is 1. The Hall–Kier alpha value is -5.09. The summed E-state index contributed by atoms with van der Waals surface area (Å²) in [6.45, 7) is 2.06. The van der Waals surface area contributed by atoms with Crippen LogP contribution in [0.15, 0.2) is 126 Å². The van der Waals surface area contributed by atoms with Gasteiger partial charge in [0.05, 0.1) is 16.6 Å². The summed E-state index contributed by atoms with van der Waals surface area (Å²) in [7, 11) is 0. The zero-order valence-electron chi connectivity index (χ0n) is 20.8. The van der Waals surface area contributed by atoms with Gasteiger partial charge in [0.2, 0.25) is 0 Å². The van der Waals surface area contributed by atoms with Crippen LogP contribution in [0.5, 0.6) is 0 Å². The number of aryl methyl sites for hydroxylation is 1. The van der Waals surface area contributed by atoms with Crippen LogP contribution in [0.3, 0.4) is 0 Å². The topological polar surface area (TPSA) is 35.9 Å². The van der Waals surface area contributed by atoms with Gasteiger partial charge in [0.25, 0.3) is 0 Å². The van der Waals surface area contributed by atoms with Gasteiger partial charge in [-0.25, -0.2) is 4.98 Å². The van der Waals surface area contributed by atoms with Gasteiger partial charge in [-0.1, -0.05) is 60.7 Å². The fraction of sp³-hybridized carbons (Fsp3) is 0.0294. The lowest BCUT2D eigenvalue weighted by Crippen LogP contribution is -1.96. The number of fused-ring (bicyclic) bond motifs is 6. The number of para-hydroxylation sites is 3. The molecule has 8 rings (SSSR count). The maximum Gasteiger partial charge on any atom is 0.161 e. The molecule has 0 saturated carbocycles. The summed E-state index contributed by atoms with van der Waals surface area (Å²) in [4.78, 5) is 4.82. The zero-order chi connectivity index (χ0) is 25.2. The van der Waals surface area contributed by atoms with E-state index in [2.05, 4.69) is 119 Å². The van der Waals surface area contributed by atoms with Crippen molar-refractivity contribution in [2.75, 3.05) is 0 Å². The lowest BCUT2D eigenvalue weighted by atomic mass is 10.0. The van der Waals surface area contributed by atoms with Gasteiger partial charge in [-0.15, -0.1) is 0 Å². The van der Waals surface area contributed by atoms with E-state index in [9.17, 15) is 0 Å². The number of hydrogen-bond donors (Lipinski definition) is 0. The summed E-state index contributed by atoms with van der Waals surface area (Å²) >= 11 is 0. The molecule has 0 N–H and O–H groups in total. The lowest BCUT2D eigenvalue weighted by Gasteiger charge is -2.11. The molecule has 0 aliphatic carbocycles. The van der Waals surface area contributed by atoms with E-state index in [1.54, 1.807) is 0 Å². The number of rotatable bonds is 3. The number of furan rings is 1. The first-order chi connectivity index (χ1) is 18.8. The van der Waals surface area contributed by atoms with Gasteiger partial charge in [-0.05, 0) is 78.7 Å². The van der Waals surface area contributed by atoms with Crippen LogP contribution in [0.2, 0.25) is 0 Å². The molecule has 4 heteroatoms. The average molecular weight is 490 g/mol. The van der Waals surface area contributed by atoms with Crippen LogP contribution in [0, 0.1) is 6.92 Å². The van der Waals surface area contributed by atoms with Crippen LogP contribution >= 0.6 is 0 Å². The Morgan fingerprint density at radius 2 is 1.32 bits per heavy atom. The second kappa shape index (κ2) is 7.95. The SMILES string of the molecule is Cc1nc2ccc(-c3cccc(-n4c5ccccc5c5oc6ccccc6c54)c3)cc2n1-c1ccccc1. The average Bonchev–Trinajstić information content (AvgIpc) is 3.61. The van der Waals surface area contributed by atoms with Crippen molar-refractivity contribution < 1.29 is 4.42 Å². The first kappa shape index (κ1) is 21.0. The normalized spacial score (nSPS) is 11.8. The highest BCUT2D eigenvalue weighted by Gasteiger charge is 2.19. The second-order valence-corrected chi connectivity index (χ2v) is 9.71.